The van der Waals surface area contributed by atoms with Crippen LogP contribution >= 0.6 is 23.2 Å². The summed E-state index contributed by atoms with van der Waals surface area (Å²) in [5, 5.41) is 10.1. The standard InChI is InChI=1S/C14H11Cl2NO2/c15-10-5-4-8(12(16)7-10)6-9-2-1-3-11(13(9)17)14(18)19/h1-5,7H,6,17H2,(H,18,19). The molecule has 2 aromatic rings. The minimum atomic E-state index is -1.04. The molecule has 0 atom stereocenters. The zero-order valence-electron chi connectivity index (χ0n) is 9.86. The first-order chi connectivity index (χ1) is 8.99. The lowest BCUT2D eigenvalue weighted by molar-refractivity contribution is 0.0698. The maximum Gasteiger partial charge on any atom is 0.337 e. The van der Waals surface area contributed by atoms with E-state index in [0.717, 1.165) is 11.1 Å². The highest BCUT2D eigenvalue weighted by Crippen LogP contribution is 2.26. The zero-order valence-corrected chi connectivity index (χ0v) is 11.4. The number of carbonyl (C=O) groups is 1. The van der Waals surface area contributed by atoms with Crippen molar-refractivity contribution in [2.24, 2.45) is 0 Å². The molecule has 3 N–H and O–H groups in total. The Morgan fingerprint density at radius 2 is 1.89 bits per heavy atom. The fourth-order valence-electron chi connectivity index (χ4n) is 1.82. The number of hydrogen-bond donors (Lipinski definition) is 2. The Kier molecular flexibility index (Phi) is 3.98. The maximum absolute atomic E-state index is 11.0. The van der Waals surface area contributed by atoms with Gasteiger partial charge in [0.05, 0.1) is 5.56 Å². The number of halogens is 2. The van der Waals surface area contributed by atoms with Crippen molar-refractivity contribution in [1.29, 1.82) is 0 Å². The van der Waals surface area contributed by atoms with E-state index < -0.39 is 5.97 Å². The SMILES string of the molecule is Nc1c(Cc2ccc(Cl)cc2Cl)cccc1C(=O)O. The van der Waals surface area contributed by atoms with Gasteiger partial charge in [-0.05, 0) is 29.3 Å². The summed E-state index contributed by atoms with van der Waals surface area (Å²) in [7, 11) is 0. The van der Waals surface area contributed by atoms with Crippen molar-refractivity contribution in [3.63, 3.8) is 0 Å². The third-order valence-corrected chi connectivity index (χ3v) is 3.41. The second kappa shape index (κ2) is 5.51. The number of hydrogen-bond acceptors (Lipinski definition) is 2. The van der Waals surface area contributed by atoms with Crippen molar-refractivity contribution >= 4 is 34.9 Å². The van der Waals surface area contributed by atoms with Crippen molar-refractivity contribution in [2.45, 2.75) is 6.42 Å². The van der Waals surface area contributed by atoms with Gasteiger partial charge in [0.25, 0.3) is 0 Å². The average Bonchev–Trinajstić information content (AvgIpc) is 2.34. The lowest BCUT2D eigenvalue weighted by Gasteiger charge is -2.10. The van der Waals surface area contributed by atoms with Crippen LogP contribution in [-0.2, 0) is 6.42 Å². The molecule has 0 amide bonds. The number of carboxylic acid groups (broad SMARTS) is 1. The number of rotatable bonds is 3. The van der Waals surface area contributed by atoms with Crippen molar-refractivity contribution in [2.75, 3.05) is 5.73 Å². The van der Waals surface area contributed by atoms with E-state index in [2.05, 4.69) is 0 Å². The number of anilines is 1. The Labute approximate surface area is 120 Å². The van der Waals surface area contributed by atoms with Crippen LogP contribution in [0, 0.1) is 0 Å². The van der Waals surface area contributed by atoms with Crippen LogP contribution in [0.5, 0.6) is 0 Å². The van der Waals surface area contributed by atoms with E-state index in [-0.39, 0.29) is 11.3 Å². The van der Waals surface area contributed by atoms with E-state index in [9.17, 15) is 4.79 Å². The van der Waals surface area contributed by atoms with Crippen LogP contribution in [0.3, 0.4) is 0 Å². The Morgan fingerprint density at radius 1 is 1.16 bits per heavy atom. The van der Waals surface area contributed by atoms with Crippen molar-refractivity contribution in [3.05, 3.63) is 63.1 Å². The first kappa shape index (κ1) is 13.7. The Hall–Kier alpha value is -1.71. The second-order valence-corrected chi connectivity index (χ2v) is 4.94. The second-order valence-electron chi connectivity index (χ2n) is 4.10. The number of nitrogens with two attached hydrogens (primary N) is 1. The minimum absolute atomic E-state index is 0.0996. The molecule has 2 rings (SSSR count). The van der Waals surface area contributed by atoms with Crippen molar-refractivity contribution < 1.29 is 9.90 Å². The molecular formula is C14H11Cl2NO2. The fourth-order valence-corrected chi connectivity index (χ4v) is 2.30. The number of nitrogen functional groups attached to an aromatic ring is 1. The number of benzene rings is 2. The monoisotopic (exact) mass is 295 g/mol. The predicted molar refractivity (Wildman–Crippen MR) is 77.1 cm³/mol. The van der Waals surface area contributed by atoms with E-state index in [1.54, 1.807) is 30.3 Å². The number of aromatic carboxylic acids is 1. The molecule has 0 aromatic heterocycles. The first-order valence-corrected chi connectivity index (χ1v) is 6.29. The van der Waals surface area contributed by atoms with Crippen LogP contribution in [0.2, 0.25) is 10.0 Å². The summed E-state index contributed by atoms with van der Waals surface area (Å²) in [6, 6.07) is 10.1. The van der Waals surface area contributed by atoms with Gasteiger partial charge in [0, 0.05) is 22.2 Å². The molecule has 0 aliphatic heterocycles. The van der Waals surface area contributed by atoms with Crippen LogP contribution in [-0.4, -0.2) is 11.1 Å². The van der Waals surface area contributed by atoms with Crippen LogP contribution in [0.1, 0.15) is 21.5 Å². The topological polar surface area (TPSA) is 63.3 Å². The van der Waals surface area contributed by atoms with Gasteiger partial charge in [0.15, 0.2) is 0 Å². The molecule has 3 nitrogen and oxygen atoms in total. The summed E-state index contributed by atoms with van der Waals surface area (Å²) in [4.78, 5) is 11.0. The Balaban J connectivity index is 2.38. The van der Waals surface area contributed by atoms with Gasteiger partial charge in [-0.2, -0.15) is 0 Å². The van der Waals surface area contributed by atoms with Gasteiger partial charge < -0.3 is 10.8 Å². The molecule has 2 aromatic carbocycles. The molecule has 0 heterocycles. The number of carboxylic acids is 1. The third-order valence-electron chi connectivity index (χ3n) is 2.82. The summed E-state index contributed by atoms with van der Waals surface area (Å²) in [6.07, 6.45) is 0.461. The molecule has 19 heavy (non-hydrogen) atoms. The van der Waals surface area contributed by atoms with Crippen molar-refractivity contribution in [3.8, 4) is 0 Å². The van der Waals surface area contributed by atoms with Gasteiger partial charge in [-0.15, -0.1) is 0 Å². The lowest BCUT2D eigenvalue weighted by Crippen LogP contribution is -2.05. The van der Waals surface area contributed by atoms with E-state index >= 15 is 0 Å². The van der Waals surface area contributed by atoms with E-state index in [1.807, 2.05) is 0 Å². The van der Waals surface area contributed by atoms with Gasteiger partial charge in [-0.1, -0.05) is 41.4 Å². The van der Waals surface area contributed by atoms with E-state index in [1.165, 1.54) is 6.07 Å². The van der Waals surface area contributed by atoms with Crippen LogP contribution < -0.4 is 5.73 Å². The summed E-state index contributed by atoms with van der Waals surface area (Å²) in [6.45, 7) is 0. The van der Waals surface area contributed by atoms with E-state index in [4.69, 9.17) is 34.0 Å². The molecule has 0 unspecified atom stereocenters. The molecule has 0 saturated carbocycles. The molecule has 0 aliphatic rings. The average molecular weight is 296 g/mol. The molecule has 0 saturated heterocycles. The van der Waals surface area contributed by atoms with Gasteiger partial charge in [-0.25, -0.2) is 4.79 Å². The summed E-state index contributed by atoms with van der Waals surface area (Å²) < 4.78 is 0. The Bertz CT molecular complexity index is 641. The highest BCUT2D eigenvalue weighted by Gasteiger charge is 2.12. The summed E-state index contributed by atoms with van der Waals surface area (Å²) in [5.74, 6) is -1.04. The first-order valence-electron chi connectivity index (χ1n) is 5.53. The minimum Gasteiger partial charge on any atom is -0.478 e. The number of para-hydroxylation sites is 1. The largest absolute Gasteiger partial charge is 0.478 e. The summed E-state index contributed by atoms with van der Waals surface area (Å²) in [5.41, 5.74) is 7.80. The molecule has 98 valence electrons. The zero-order chi connectivity index (χ0) is 14.0. The molecule has 0 spiro atoms. The smallest absolute Gasteiger partial charge is 0.337 e. The van der Waals surface area contributed by atoms with E-state index in [0.29, 0.717) is 16.5 Å². The normalized spacial score (nSPS) is 10.4. The molecule has 0 aliphatic carbocycles. The molecule has 0 fully saturated rings. The highest BCUT2D eigenvalue weighted by atomic mass is 35.5. The molecular weight excluding hydrogens is 285 g/mol. The third kappa shape index (κ3) is 3.00. The quantitative estimate of drug-likeness (QED) is 0.845. The van der Waals surface area contributed by atoms with Crippen LogP contribution in [0.25, 0.3) is 0 Å². The van der Waals surface area contributed by atoms with Gasteiger partial charge in [0.1, 0.15) is 0 Å². The fraction of sp³-hybridized carbons (Fsp3) is 0.0714. The van der Waals surface area contributed by atoms with Gasteiger partial charge in [0.2, 0.25) is 0 Å². The van der Waals surface area contributed by atoms with Crippen LogP contribution in [0.15, 0.2) is 36.4 Å². The highest BCUT2D eigenvalue weighted by molar-refractivity contribution is 6.35. The predicted octanol–water partition coefficient (Wildman–Crippen LogP) is 3.86. The van der Waals surface area contributed by atoms with Gasteiger partial charge in [-0.3, -0.25) is 0 Å². The van der Waals surface area contributed by atoms with Crippen LogP contribution in [0.4, 0.5) is 5.69 Å². The van der Waals surface area contributed by atoms with Crippen molar-refractivity contribution in [1.82, 2.24) is 0 Å². The Morgan fingerprint density at radius 3 is 2.53 bits per heavy atom. The molecule has 5 heteroatoms. The molecule has 0 radical (unpaired) electrons. The molecule has 0 bridgehead atoms. The lowest BCUT2D eigenvalue weighted by atomic mass is 10.0. The van der Waals surface area contributed by atoms with Gasteiger partial charge >= 0.3 is 5.97 Å². The summed E-state index contributed by atoms with van der Waals surface area (Å²) >= 11 is 11.9. The maximum atomic E-state index is 11.0.